The molecule has 2 rings (SSSR count). The van der Waals surface area contributed by atoms with Gasteiger partial charge in [0.05, 0.1) is 27.2 Å². The minimum Gasteiger partial charge on any atom is -0.494 e. The van der Waals surface area contributed by atoms with Crippen molar-refractivity contribution in [3.05, 3.63) is 47.3 Å². The Labute approximate surface area is 161 Å². The lowest BCUT2D eigenvalue weighted by molar-refractivity contribution is 0.413. The smallest absolute Gasteiger partial charge is 0.166 e. The van der Waals surface area contributed by atoms with Crippen LogP contribution in [0.5, 0.6) is 17.2 Å². The van der Waals surface area contributed by atoms with Crippen molar-refractivity contribution in [2.75, 3.05) is 7.11 Å². The summed E-state index contributed by atoms with van der Waals surface area (Å²) in [6, 6.07) is 2.82. The molecular formula is C13H5Cl7O2. The fourth-order valence-electron chi connectivity index (χ4n) is 1.57. The predicted octanol–water partition coefficient (Wildman–Crippen LogP) is 8.06. The van der Waals surface area contributed by atoms with Gasteiger partial charge in [0.15, 0.2) is 11.5 Å². The molecule has 0 amide bonds. The van der Waals surface area contributed by atoms with Gasteiger partial charge in [-0.1, -0.05) is 81.2 Å². The van der Waals surface area contributed by atoms with Crippen LogP contribution >= 0.6 is 81.2 Å². The van der Waals surface area contributed by atoms with E-state index in [1.54, 1.807) is 0 Å². The number of rotatable bonds is 3. The first-order valence-electron chi connectivity index (χ1n) is 5.50. The van der Waals surface area contributed by atoms with Gasteiger partial charge in [-0.05, 0) is 6.07 Å². The topological polar surface area (TPSA) is 18.5 Å². The van der Waals surface area contributed by atoms with Crippen molar-refractivity contribution in [3.8, 4) is 17.2 Å². The normalized spacial score (nSPS) is 10.7. The summed E-state index contributed by atoms with van der Waals surface area (Å²) < 4.78 is 10.7. The van der Waals surface area contributed by atoms with Crippen molar-refractivity contribution in [1.82, 2.24) is 0 Å². The van der Waals surface area contributed by atoms with Crippen molar-refractivity contribution in [2.24, 2.45) is 0 Å². The van der Waals surface area contributed by atoms with Crippen molar-refractivity contribution in [3.63, 3.8) is 0 Å². The molecule has 22 heavy (non-hydrogen) atoms. The summed E-state index contributed by atoms with van der Waals surface area (Å²) in [5.41, 5.74) is 0. The molecule has 0 radical (unpaired) electrons. The fourth-order valence-corrected chi connectivity index (χ4v) is 3.32. The molecule has 0 saturated heterocycles. The number of ether oxygens (including phenoxy) is 2. The fraction of sp³-hybridized carbons (Fsp3) is 0.0769. The lowest BCUT2D eigenvalue weighted by Crippen LogP contribution is -1.92. The summed E-state index contributed by atoms with van der Waals surface area (Å²) >= 11 is 42.2. The molecule has 0 bridgehead atoms. The second kappa shape index (κ2) is 7.31. The van der Waals surface area contributed by atoms with Gasteiger partial charge in [-0.25, -0.2) is 0 Å². The summed E-state index contributed by atoms with van der Waals surface area (Å²) in [5, 5.41) is 0.876. The first-order valence-corrected chi connectivity index (χ1v) is 8.14. The first-order chi connectivity index (χ1) is 10.3. The van der Waals surface area contributed by atoms with Crippen LogP contribution in [0.2, 0.25) is 35.2 Å². The van der Waals surface area contributed by atoms with Gasteiger partial charge < -0.3 is 9.47 Å². The highest BCUT2D eigenvalue weighted by Crippen LogP contribution is 2.49. The largest absolute Gasteiger partial charge is 0.494 e. The predicted molar refractivity (Wildman–Crippen MR) is 94.6 cm³/mol. The molecule has 118 valence electrons. The number of halogens is 7. The van der Waals surface area contributed by atoms with Crippen LogP contribution in [0.1, 0.15) is 0 Å². The van der Waals surface area contributed by atoms with E-state index in [0.717, 1.165) is 0 Å². The van der Waals surface area contributed by atoms with Crippen molar-refractivity contribution >= 4 is 81.2 Å². The Morgan fingerprint density at radius 1 is 0.636 bits per heavy atom. The van der Waals surface area contributed by atoms with Crippen LogP contribution in [0.3, 0.4) is 0 Å². The van der Waals surface area contributed by atoms with E-state index in [-0.39, 0.29) is 52.4 Å². The Morgan fingerprint density at radius 2 is 1.18 bits per heavy atom. The Morgan fingerprint density at radius 3 is 1.77 bits per heavy atom. The van der Waals surface area contributed by atoms with Crippen LogP contribution in [0.25, 0.3) is 0 Å². The Bertz CT molecular complexity index is 746. The standard InChI is InChI=1S/C13H5Cl7O2/c1-21-12-6(16)3-7(9(18)11(12)20)22-13-5(15)2-4(14)8(17)10(13)19/h2-3H,1H3. The van der Waals surface area contributed by atoms with Gasteiger partial charge in [-0.3, -0.25) is 0 Å². The molecule has 0 aliphatic heterocycles. The third-order valence-electron chi connectivity index (χ3n) is 2.57. The summed E-state index contributed by atoms with van der Waals surface area (Å²) in [7, 11) is 1.41. The molecule has 0 heterocycles. The summed E-state index contributed by atoms with van der Waals surface area (Å²) in [6.07, 6.45) is 0. The molecular weight excluding hydrogens is 436 g/mol. The van der Waals surface area contributed by atoms with Gasteiger partial charge in [0, 0.05) is 6.07 Å². The van der Waals surface area contributed by atoms with Gasteiger partial charge in [0.1, 0.15) is 20.8 Å². The molecule has 0 aromatic heterocycles. The summed E-state index contributed by atoms with van der Waals surface area (Å²) in [5.74, 6) is 0.448. The number of hydrogen-bond acceptors (Lipinski definition) is 2. The SMILES string of the molecule is COc1c(Cl)cc(Oc2c(Cl)cc(Cl)c(Cl)c2Cl)c(Cl)c1Cl. The third kappa shape index (κ3) is 3.44. The van der Waals surface area contributed by atoms with Crippen LogP contribution < -0.4 is 9.47 Å². The molecule has 0 saturated carbocycles. The molecule has 0 fully saturated rings. The van der Waals surface area contributed by atoms with E-state index < -0.39 is 0 Å². The van der Waals surface area contributed by atoms with Gasteiger partial charge in [-0.2, -0.15) is 0 Å². The Hall–Kier alpha value is 0.0700. The maximum Gasteiger partial charge on any atom is 0.166 e. The molecule has 9 heteroatoms. The second-order valence-corrected chi connectivity index (χ2v) is 6.65. The van der Waals surface area contributed by atoms with Gasteiger partial charge in [0.25, 0.3) is 0 Å². The Balaban J connectivity index is 2.56. The van der Waals surface area contributed by atoms with Crippen molar-refractivity contribution in [1.29, 1.82) is 0 Å². The van der Waals surface area contributed by atoms with Gasteiger partial charge >= 0.3 is 0 Å². The van der Waals surface area contributed by atoms with E-state index in [9.17, 15) is 0 Å². The molecule has 0 unspecified atom stereocenters. The zero-order chi connectivity index (χ0) is 16.6. The van der Waals surface area contributed by atoms with E-state index in [1.165, 1.54) is 19.2 Å². The summed E-state index contributed by atoms with van der Waals surface area (Å²) in [6.45, 7) is 0. The van der Waals surface area contributed by atoms with E-state index in [2.05, 4.69) is 0 Å². The number of hydrogen-bond donors (Lipinski definition) is 0. The quantitative estimate of drug-likeness (QED) is 0.354. The summed E-state index contributed by atoms with van der Waals surface area (Å²) in [4.78, 5) is 0. The average molecular weight is 441 g/mol. The number of benzene rings is 2. The minimum atomic E-state index is 0.0401. The second-order valence-electron chi connectivity index (χ2n) is 3.92. The lowest BCUT2D eigenvalue weighted by atomic mass is 10.3. The molecule has 0 spiro atoms. The third-order valence-corrected chi connectivity index (χ3v) is 5.21. The molecule has 0 N–H and O–H groups in total. The monoisotopic (exact) mass is 438 g/mol. The van der Waals surface area contributed by atoms with E-state index in [4.69, 9.17) is 90.7 Å². The maximum absolute atomic E-state index is 6.13. The molecule has 2 nitrogen and oxygen atoms in total. The average Bonchev–Trinajstić information content (AvgIpc) is 2.46. The molecule has 2 aromatic rings. The van der Waals surface area contributed by atoms with E-state index >= 15 is 0 Å². The van der Waals surface area contributed by atoms with E-state index in [0.29, 0.717) is 0 Å². The van der Waals surface area contributed by atoms with E-state index in [1.807, 2.05) is 0 Å². The molecule has 0 atom stereocenters. The molecule has 0 aliphatic rings. The molecule has 0 aliphatic carbocycles. The zero-order valence-corrected chi connectivity index (χ0v) is 15.9. The molecule has 2 aromatic carbocycles. The highest BCUT2D eigenvalue weighted by Gasteiger charge is 2.21. The van der Waals surface area contributed by atoms with Crippen LogP contribution in [0, 0.1) is 0 Å². The van der Waals surface area contributed by atoms with Gasteiger partial charge in [-0.15, -0.1) is 0 Å². The minimum absolute atomic E-state index is 0.0401. The van der Waals surface area contributed by atoms with Crippen LogP contribution in [-0.2, 0) is 0 Å². The lowest BCUT2D eigenvalue weighted by Gasteiger charge is -2.15. The van der Waals surface area contributed by atoms with Crippen LogP contribution in [-0.4, -0.2) is 7.11 Å². The van der Waals surface area contributed by atoms with Gasteiger partial charge in [0.2, 0.25) is 0 Å². The van der Waals surface area contributed by atoms with Crippen molar-refractivity contribution < 1.29 is 9.47 Å². The zero-order valence-electron chi connectivity index (χ0n) is 10.6. The van der Waals surface area contributed by atoms with Crippen LogP contribution in [0.15, 0.2) is 12.1 Å². The van der Waals surface area contributed by atoms with Crippen LogP contribution in [0.4, 0.5) is 0 Å². The first kappa shape index (κ1) is 18.4. The Kier molecular flexibility index (Phi) is 6.12. The highest BCUT2D eigenvalue weighted by molar-refractivity contribution is 6.50. The van der Waals surface area contributed by atoms with Crippen molar-refractivity contribution in [2.45, 2.75) is 0 Å². The maximum atomic E-state index is 6.13. The highest BCUT2D eigenvalue weighted by atomic mass is 35.5. The number of methoxy groups -OCH3 is 1.